The van der Waals surface area contributed by atoms with Crippen molar-refractivity contribution in [2.45, 2.75) is 111 Å². The van der Waals surface area contributed by atoms with E-state index >= 15 is 0 Å². The third-order valence-electron chi connectivity index (χ3n) is 17.0. The Labute approximate surface area is 653 Å². The molecule has 0 spiro atoms. The van der Waals surface area contributed by atoms with E-state index < -0.39 is 46.6 Å². The van der Waals surface area contributed by atoms with E-state index in [1.54, 1.807) is 102 Å². The Balaban J connectivity index is 0.000000181. The number of aryl methyl sites for hydroxylation is 11. The summed E-state index contributed by atoms with van der Waals surface area (Å²) in [7, 11) is 3.61. The van der Waals surface area contributed by atoms with Gasteiger partial charge < -0.3 is 39.1 Å². The summed E-state index contributed by atoms with van der Waals surface area (Å²) in [6, 6.07) is 32.7. The van der Waals surface area contributed by atoms with Crippen molar-refractivity contribution in [2.24, 2.45) is 0 Å². The molecule has 5 aromatic heterocycles. The zero-order chi connectivity index (χ0) is 79.2. The van der Waals surface area contributed by atoms with Crippen LogP contribution in [0.1, 0.15) is 106 Å². The molecule has 0 aliphatic carbocycles. The second-order valence-corrected chi connectivity index (χ2v) is 26.4. The average Bonchev–Trinajstić information content (AvgIpc) is 1.62. The molecule has 0 amide bonds. The summed E-state index contributed by atoms with van der Waals surface area (Å²) in [6.45, 7) is 30.3. The number of aromatic amines is 1. The van der Waals surface area contributed by atoms with E-state index in [4.69, 9.17) is 0 Å². The molecule has 2 aliphatic heterocycles. The molecule has 7 aromatic carbocycles. The zero-order valence-electron chi connectivity index (χ0n) is 63.1. The van der Waals surface area contributed by atoms with Crippen LogP contribution < -0.4 is 14.9 Å². The van der Waals surface area contributed by atoms with Gasteiger partial charge in [-0.3, -0.25) is 37.6 Å². The number of anilines is 2. The van der Waals surface area contributed by atoms with E-state index in [0.29, 0.717) is 58.1 Å². The average molecular weight is 1700 g/mol. The molecule has 7 heterocycles. The van der Waals surface area contributed by atoms with Crippen LogP contribution in [0.3, 0.4) is 0 Å². The van der Waals surface area contributed by atoms with Crippen LogP contribution >= 0.6 is 0 Å². The number of nitrogens with one attached hydrogen (secondary N) is 1. The molecule has 1 radical (unpaired) electrons. The van der Waals surface area contributed by atoms with Gasteiger partial charge in [0.15, 0.2) is 17.4 Å². The summed E-state index contributed by atoms with van der Waals surface area (Å²) in [5.74, 6) is -3.10. The first-order valence-electron chi connectivity index (χ1n) is 34.2. The van der Waals surface area contributed by atoms with Crippen molar-refractivity contribution in [1.29, 1.82) is 0 Å². The van der Waals surface area contributed by atoms with Gasteiger partial charge >= 0.3 is 12.1 Å². The Kier molecular flexibility index (Phi) is 27.5. The molecule has 0 fully saturated rings. The fourth-order valence-corrected chi connectivity index (χ4v) is 12.7. The van der Waals surface area contributed by atoms with Crippen LogP contribution in [0.25, 0.3) is 73.9 Å². The molecule has 12 aromatic rings. The Morgan fingerprint density at radius 2 is 0.982 bits per heavy atom. The number of imidazole rings is 3. The third-order valence-corrected chi connectivity index (χ3v) is 17.0. The van der Waals surface area contributed by atoms with Crippen LogP contribution in [0.15, 0.2) is 153 Å². The molecule has 14 rings (SSSR count). The van der Waals surface area contributed by atoms with E-state index in [2.05, 4.69) is 83.4 Å². The van der Waals surface area contributed by atoms with Gasteiger partial charge in [-0.05, 0) is 192 Å². The van der Waals surface area contributed by atoms with Crippen molar-refractivity contribution in [1.82, 2.24) is 58.8 Å². The standard InChI is InChI=1S/C22H20F2N4.C22H18F2N4.C20H18F2N2O.C15H14F3N4.C4H8O2.CH4.Ir/c2*1-12-7-13(2)21(14(3)8-12)28-11-20(17-6-5-16(23)10-18(17)24)25-22(28)19-9-15(4)26-27-19;1-11-7-12(2)19(13(3)8-11)24-10-18(23-20(24)14(4)25)16-6-5-15(21)9-17(16)22;1-19-3-5-21(10-19)13-7-12(15(16,17)18)8-14(9-13)22-6-4-20(2)11-22;1-3-6-4(2)5;;/h5-11H,1-4H3,(H,26,27);5,7-11H,1-4H3;5-10H,1-4H3;3-8,10-11H,1-2H3;3H2,1-2H3;1H4;/q;-2;;-3;;;. The fraction of sp³-hybridized carbons (Fsp3) is 0.226. The number of ketones is 1. The summed E-state index contributed by atoms with van der Waals surface area (Å²) >= 11 is 0. The van der Waals surface area contributed by atoms with Gasteiger partial charge in [-0.15, -0.1) is 41.7 Å². The summed E-state index contributed by atoms with van der Waals surface area (Å²) in [5, 5.41) is 15.5. The van der Waals surface area contributed by atoms with E-state index in [0.717, 1.165) is 109 Å². The quantitative estimate of drug-likeness (QED) is 0.0532. The number of nitrogens with zero attached hydrogens (tertiary/aromatic N) is 13. The van der Waals surface area contributed by atoms with Crippen molar-refractivity contribution >= 4 is 23.1 Å². The third kappa shape index (κ3) is 20.3. The predicted molar refractivity (Wildman–Crippen MR) is 409 cm³/mol. The molecule has 0 atom stereocenters. The maximum atomic E-state index is 14.4. The van der Waals surface area contributed by atoms with Gasteiger partial charge in [0.2, 0.25) is 0 Å². The molecule has 111 heavy (non-hydrogen) atoms. The van der Waals surface area contributed by atoms with Crippen LogP contribution in [0.4, 0.5) is 50.9 Å². The minimum absolute atomic E-state index is 0. The minimum Gasteiger partial charge on any atom is -0.572 e. The number of halogens is 9. The summed E-state index contributed by atoms with van der Waals surface area (Å²) in [4.78, 5) is 42.2. The molecule has 27 heteroatoms. The Hall–Kier alpha value is -11.6. The smallest absolute Gasteiger partial charge is 0.394 e. The van der Waals surface area contributed by atoms with Crippen molar-refractivity contribution in [3.8, 4) is 73.9 Å². The van der Waals surface area contributed by atoms with Gasteiger partial charge in [-0.2, -0.15) is 31.6 Å². The SMILES string of the molecule is C.CC(=O)c1nc(-c2ccc(F)cc2F)cn1-c1c(C)cc(C)cc1C.CCOC(C)=O.CN1C=CN(c2[c-]c(N3C=CN(C)[CH-]3)cc(C(F)(F)F)c2)[CH-]1.Cc1cc(C)c(-n2cc(-c3[c-]cc(F)cc3F)nc2-c2cc(C)n[n-]2)c(C)c1.Cc1cc(C)c(-n2cc(-c3ccc(F)cc3F)nc2-c2cc(C)[nH]n2)c(C)c1.[Ir]. The van der Waals surface area contributed by atoms with Crippen molar-refractivity contribution in [2.75, 3.05) is 30.5 Å². The predicted octanol–water partition coefficient (Wildman–Crippen LogP) is 19.7. The maximum Gasteiger partial charge on any atom is 0.394 e. The summed E-state index contributed by atoms with van der Waals surface area (Å²) < 4.78 is 132. The monoisotopic (exact) mass is 1700 g/mol. The molecule has 0 unspecified atom stereocenters. The number of carbonyl (C=O) groups excluding carboxylic acids is 2. The molecule has 17 nitrogen and oxygen atoms in total. The molecular formula is C84H82F9IrN14O3-5. The van der Waals surface area contributed by atoms with E-state index in [9.17, 15) is 49.1 Å². The molecule has 0 saturated carbocycles. The number of ether oxygens (including phenoxy) is 1. The maximum absolute atomic E-state index is 14.4. The molecule has 2 aliphatic rings. The number of hydrogen-bond acceptors (Lipinski definition) is 12. The number of rotatable bonds is 12. The molecule has 0 bridgehead atoms. The number of aromatic nitrogens is 10. The van der Waals surface area contributed by atoms with Crippen LogP contribution in [-0.4, -0.2) is 86.2 Å². The van der Waals surface area contributed by atoms with Crippen molar-refractivity contribution in [3.63, 3.8) is 0 Å². The van der Waals surface area contributed by atoms with Gasteiger partial charge in [0.25, 0.3) is 0 Å². The minimum atomic E-state index is -4.41. The van der Waals surface area contributed by atoms with Gasteiger partial charge in [-0.1, -0.05) is 89.5 Å². The number of hydrogen-bond donors (Lipinski definition) is 1. The zero-order valence-corrected chi connectivity index (χ0v) is 65.5. The van der Waals surface area contributed by atoms with Crippen LogP contribution in [-0.2, 0) is 35.8 Å². The van der Waals surface area contributed by atoms with E-state index in [1.807, 2.05) is 103 Å². The Bertz CT molecular complexity index is 5140. The molecular weight excluding hydrogens is 1620 g/mol. The number of H-pyrrole nitrogens is 1. The van der Waals surface area contributed by atoms with Crippen molar-refractivity contribution < 1.29 is 73.9 Å². The second kappa shape index (κ2) is 35.9. The summed E-state index contributed by atoms with van der Waals surface area (Å²) in [6.07, 6.45) is 7.60. The molecule has 583 valence electrons. The molecule has 0 saturated heterocycles. The topological polar surface area (TPSA) is 165 Å². The summed E-state index contributed by atoms with van der Waals surface area (Å²) in [5.41, 5.74) is 16.9. The molecule has 1 N–H and O–H groups in total. The Morgan fingerprint density at radius 1 is 0.541 bits per heavy atom. The van der Waals surface area contributed by atoms with Crippen LogP contribution in [0.5, 0.6) is 0 Å². The second-order valence-electron chi connectivity index (χ2n) is 26.4. The first kappa shape index (κ1) is 85.0. The fourth-order valence-electron chi connectivity index (χ4n) is 12.7. The van der Waals surface area contributed by atoms with Crippen molar-refractivity contribution in [3.05, 3.63) is 286 Å². The Morgan fingerprint density at radius 3 is 1.37 bits per heavy atom. The number of benzene rings is 7. The number of carbonyl (C=O) groups is 2. The van der Waals surface area contributed by atoms with Crippen LogP contribution in [0, 0.1) is 137 Å². The number of Topliss-reactive ketones (excluding diaryl/α,β-unsaturated/α-hetero) is 1. The number of esters is 1. The first-order chi connectivity index (χ1) is 51.5. The number of alkyl halides is 3. The van der Waals surface area contributed by atoms with Gasteiger partial charge in [-0.25, -0.2) is 27.5 Å². The van der Waals surface area contributed by atoms with E-state index in [-0.39, 0.29) is 61.8 Å². The van der Waals surface area contributed by atoms with Gasteiger partial charge in [0.05, 0.1) is 35.1 Å². The first-order valence-corrected chi connectivity index (χ1v) is 34.2. The largest absolute Gasteiger partial charge is 0.572 e. The van der Waals surface area contributed by atoms with Crippen LogP contribution in [0.2, 0.25) is 0 Å². The van der Waals surface area contributed by atoms with E-state index in [1.165, 1.54) is 43.7 Å². The normalized spacial score (nSPS) is 12.1. The van der Waals surface area contributed by atoms with Gasteiger partial charge in [0.1, 0.15) is 34.8 Å². The van der Waals surface area contributed by atoms with Gasteiger partial charge in [0, 0.05) is 98.3 Å².